The molecule has 3 rings (SSSR count). The van der Waals surface area contributed by atoms with E-state index in [9.17, 15) is 0 Å². The van der Waals surface area contributed by atoms with Crippen molar-refractivity contribution in [3.8, 4) is 0 Å². The van der Waals surface area contributed by atoms with E-state index in [4.69, 9.17) is 4.42 Å². The topological polar surface area (TPSA) is 41.3 Å². The van der Waals surface area contributed by atoms with Crippen LogP contribution in [0.4, 0.5) is 5.13 Å². The van der Waals surface area contributed by atoms with Gasteiger partial charge in [0.2, 0.25) is 0 Å². The van der Waals surface area contributed by atoms with Crippen molar-refractivity contribution in [1.29, 1.82) is 0 Å². The van der Waals surface area contributed by atoms with Gasteiger partial charge in [-0.05, 0) is 39.7 Å². The SMILES string of the molecule is Cc1cc([C@@H](C)NC2CCN(c3nccs3)CC2)c(C)o1. The smallest absolute Gasteiger partial charge is 0.185 e. The van der Waals surface area contributed by atoms with Gasteiger partial charge in [-0.25, -0.2) is 4.98 Å². The molecule has 0 spiro atoms. The molecule has 0 radical (unpaired) electrons. The minimum atomic E-state index is 0.346. The summed E-state index contributed by atoms with van der Waals surface area (Å²) in [6, 6.07) is 3.07. The molecule has 4 nitrogen and oxygen atoms in total. The Bertz CT molecular complexity index is 570. The van der Waals surface area contributed by atoms with Crippen LogP contribution in [0.3, 0.4) is 0 Å². The molecule has 1 saturated heterocycles. The van der Waals surface area contributed by atoms with E-state index in [1.165, 1.54) is 18.4 Å². The van der Waals surface area contributed by atoms with Gasteiger partial charge in [0.25, 0.3) is 0 Å². The van der Waals surface area contributed by atoms with Gasteiger partial charge in [-0.1, -0.05) is 0 Å². The molecule has 3 heterocycles. The molecule has 5 heteroatoms. The van der Waals surface area contributed by atoms with E-state index in [0.717, 1.165) is 29.7 Å². The Morgan fingerprint density at radius 2 is 2.14 bits per heavy atom. The van der Waals surface area contributed by atoms with Gasteiger partial charge in [0.05, 0.1) is 0 Å². The van der Waals surface area contributed by atoms with Crippen LogP contribution in [0.25, 0.3) is 0 Å². The fourth-order valence-corrected chi connectivity index (χ4v) is 3.83. The average molecular weight is 305 g/mol. The molecule has 0 bridgehead atoms. The molecule has 2 aromatic rings. The van der Waals surface area contributed by atoms with Crippen molar-refractivity contribution in [3.63, 3.8) is 0 Å². The molecule has 1 fully saturated rings. The zero-order chi connectivity index (χ0) is 14.8. The standard InChI is InChI=1S/C16H23N3OS/c1-11-10-15(13(3)20-11)12(2)18-14-4-7-19(8-5-14)16-17-6-9-21-16/h6,9-10,12,14,18H,4-5,7-8H2,1-3H3/t12-/m1/s1. The van der Waals surface area contributed by atoms with Crippen LogP contribution in [-0.2, 0) is 0 Å². The van der Waals surface area contributed by atoms with Gasteiger partial charge in [-0.15, -0.1) is 11.3 Å². The monoisotopic (exact) mass is 305 g/mol. The molecule has 1 atom stereocenters. The fraction of sp³-hybridized carbons (Fsp3) is 0.562. The third kappa shape index (κ3) is 3.30. The minimum absolute atomic E-state index is 0.346. The normalized spacial score (nSPS) is 18.1. The first kappa shape index (κ1) is 14.6. The van der Waals surface area contributed by atoms with Crippen LogP contribution < -0.4 is 10.2 Å². The van der Waals surface area contributed by atoms with Crippen molar-refractivity contribution in [2.75, 3.05) is 18.0 Å². The molecule has 0 amide bonds. The first-order chi connectivity index (χ1) is 10.1. The van der Waals surface area contributed by atoms with Gasteiger partial charge < -0.3 is 14.6 Å². The van der Waals surface area contributed by atoms with Crippen molar-refractivity contribution in [2.45, 2.75) is 45.7 Å². The summed E-state index contributed by atoms with van der Waals surface area (Å²) in [6.45, 7) is 8.45. The van der Waals surface area contributed by atoms with E-state index in [1.54, 1.807) is 11.3 Å². The zero-order valence-electron chi connectivity index (χ0n) is 12.9. The Morgan fingerprint density at radius 3 is 2.71 bits per heavy atom. The third-order valence-electron chi connectivity index (χ3n) is 4.22. The summed E-state index contributed by atoms with van der Waals surface area (Å²) in [6.07, 6.45) is 4.22. The number of furan rings is 1. The maximum Gasteiger partial charge on any atom is 0.185 e. The van der Waals surface area contributed by atoms with Crippen LogP contribution in [0.15, 0.2) is 22.1 Å². The lowest BCUT2D eigenvalue weighted by Crippen LogP contribution is -2.43. The van der Waals surface area contributed by atoms with E-state index in [0.29, 0.717) is 12.1 Å². The molecule has 0 aliphatic carbocycles. The van der Waals surface area contributed by atoms with Crippen molar-refractivity contribution in [1.82, 2.24) is 10.3 Å². The largest absolute Gasteiger partial charge is 0.466 e. The Labute approximate surface area is 130 Å². The molecule has 0 aromatic carbocycles. The lowest BCUT2D eigenvalue weighted by atomic mass is 10.0. The van der Waals surface area contributed by atoms with E-state index in [2.05, 4.69) is 28.2 Å². The average Bonchev–Trinajstić information content (AvgIpc) is 3.09. The highest BCUT2D eigenvalue weighted by Gasteiger charge is 2.23. The summed E-state index contributed by atoms with van der Waals surface area (Å²) < 4.78 is 5.64. The number of rotatable bonds is 4. The molecule has 0 unspecified atom stereocenters. The van der Waals surface area contributed by atoms with Crippen molar-refractivity contribution in [2.24, 2.45) is 0 Å². The highest BCUT2D eigenvalue weighted by Crippen LogP contribution is 2.25. The van der Waals surface area contributed by atoms with Crippen LogP contribution in [0.5, 0.6) is 0 Å². The van der Waals surface area contributed by atoms with Crippen LogP contribution in [0, 0.1) is 13.8 Å². The fourth-order valence-electron chi connectivity index (χ4n) is 3.13. The molecule has 21 heavy (non-hydrogen) atoms. The molecule has 114 valence electrons. The zero-order valence-corrected chi connectivity index (χ0v) is 13.7. The maximum atomic E-state index is 5.64. The van der Waals surface area contributed by atoms with Crippen molar-refractivity contribution < 1.29 is 4.42 Å². The number of anilines is 1. The quantitative estimate of drug-likeness (QED) is 0.935. The second-order valence-electron chi connectivity index (χ2n) is 5.83. The van der Waals surface area contributed by atoms with Gasteiger partial charge in [0.15, 0.2) is 5.13 Å². The summed E-state index contributed by atoms with van der Waals surface area (Å²) >= 11 is 1.73. The van der Waals surface area contributed by atoms with Crippen LogP contribution in [0.1, 0.15) is 42.9 Å². The van der Waals surface area contributed by atoms with E-state index < -0.39 is 0 Å². The number of piperidine rings is 1. The first-order valence-corrected chi connectivity index (χ1v) is 8.49. The summed E-state index contributed by atoms with van der Waals surface area (Å²) in [4.78, 5) is 6.79. The Hall–Kier alpha value is -1.33. The van der Waals surface area contributed by atoms with Crippen molar-refractivity contribution in [3.05, 3.63) is 34.7 Å². The molecule has 0 saturated carbocycles. The van der Waals surface area contributed by atoms with Gasteiger partial charge in [0.1, 0.15) is 11.5 Å². The van der Waals surface area contributed by atoms with Gasteiger partial charge in [0, 0.05) is 42.3 Å². The minimum Gasteiger partial charge on any atom is -0.466 e. The second-order valence-corrected chi connectivity index (χ2v) is 6.71. The Balaban J connectivity index is 1.54. The third-order valence-corrected chi connectivity index (χ3v) is 5.05. The first-order valence-electron chi connectivity index (χ1n) is 7.61. The highest BCUT2D eigenvalue weighted by molar-refractivity contribution is 7.13. The predicted octanol–water partition coefficient (Wildman–Crippen LogP) is 3.67. The second kappa shape index (κ2) is 6.20. The molecular formula is C16H23N3OS. The number of hydrogen-bond acceptors (Lipinski definition) is 5. The molecular weight excluding hydrogens is 282 g/mol. The van der Waals surface area contributed by atoms with Crippen molar-refractivity contribution >= 4 is 16.5 Å². The van der Waals surface area contributed by atoms with Crippen LogP contribution in [-0.4, -0.2) is 24.1 Å². The van der Waals surface area contributed by atoms with E-state index >= 15 is 0 Å². The van der Waals surface area contributed by atoms with Gasteiger partial charge >= 0.3 is 0 Å². The van der Waals surface area contributed by atoms with Crippen LogP contribution >= 0.6 is 11.3 Å². The predicted molar refractivity (Wildman–Crippen MR) is 87.1 cm³/mol. The van der Waals surface area contributed by atoms with Gasteiger partial charge in [-0.3, -0.25) is 0 Å². The van der Waals surface area contributed by atoms with Gasteiger partial charge in [-0.2, -0.15) is 0 Å². The van der Waals surface area contributed by atoms with Crippen LogP contribution in [0.2, 0.25) is 0 Å². The number of thiazole rings is 1. The lowest BCUT2D eigenvalue weighted by Gasteiger charge is -2.33. The number of aryl methyl sites for hydroxylation is 2. The molecule has 2 aromatic heterocycles. The van der Waals surface area contributed by atoms with E-state index in [-0.39, 0.29) is 0 Å². The lowest BCUT2D eigenvalue weighted by molar-refractivity contribution is 0.377. The summed E-state index contributed by atoms with van der Waals surface area (Å²) in [5.41, 5.74) is 1.29. The number of nitrogens with one attached hydrogen (secondary N) is 1. The molecule has 1 aliphatic rings. The Kier molecular flexibility index (Phi) is 4.31. The summed E-state index contributed by atoms with van der Waals surface area (Å²) in [7, 11) is 0. The molecule has 1 N–H and O–H groups in total. The number of nitrogens with zero attached hydrogens (tertiary/aromatic N) is 2. The summed E-state index contributed by atoms with van der Waals surface area (Å²) in [5, 5.41) is 6.95. The maximum absolute atomic E-state index is 5.64. The highest BCUT2D eigenvalue weighted by atomic mass is 32.1. The van der Waals surface area contributed by atoms with E-state index in [1.807, 2.05) is 25.4 Å². The number of aromatic nitrogens is 1. The summed E-state index contributed by atoms with van der Waals surface area (Å²) in [5.74, 6) is 2.03. The molecule has 1 aliphatic heterocycles. The Morgan fingerprint density at radius 1 is 1.38 bits per heavy atom. The number of hydrogen-bond donors (Lipinski definition) is 1.